The maximum absolute atomic E-state index is 3.64. The first-order valence-electron chi connectivity index (χ1n) is 7.08. The molecule has 0 aromatic heterocycles. The third-order valence-electron chi connectivity index (χ3n) is 3.75. The fraction of sp³-hybridized carbons (Fsp3) is 1.00. The lowest BCUT2D eigenvalue weighted by Crippen LogP contribution is -2.31. The molecule has 2 heteroatoms. The highest BCUT2D eigenvalue weighted by Gasteiger charge is 2.23. The first-order chi connectivity index (χ1) is 7.63. The average Bonchev–Trinajstić information content (AvgIpc) is 2.67. The summed E-state index contributed by atoms with van der Waals surface area (Å²) in [6.07, 6.45) is 4.05. The van der Waals surface area contributed by atoms with Crippen LogP contribution in [0.25, 0.3) is 0 Å². The van der Waals surface area contributed by atoms with Gasteiger partial charge in [-0.3, -0.25) is 0 Å². The van der Waals surface area contributed by atoms with E-state index < -0.39 is 0 Å². The Hall–Kier alpha value is -0.0800. The molecule has 0 aromatic rings. The highest BCUT2D eigenvalue weighted by molar-refractivity contribution is 4.79. The predicted molar refractivity (Wildman–Crippen MR) is 71.8 cm³/mol. The Bertz CT molecular complexity index is 180. The van der Waals surface area contributed by atoms with E-state index >= 15 is 0 Å². The summed E-state index contributed by atoms with van der Waals surface area (Å²) in [6, 6.07) is 0.726. The van der Waals surface area contributed by atoms with E-state index in [-0.39, 0.29) is 0 Å². The molecule has 0 spiro atoms. The third kappa shape index (κ3) is 4.84. The highest BCUT2D eigenvalue weighted by atomic mass is 15.2. The van der Waals surface area contributed by atoms with Crippen LogP contribution in [0.2, 0.25) is 0 Å². The largest absolute Gasteiger partial charge is 0.316 e. The Labute approximate surface area is 102 Å². The molecule has 16 heavy (non-hydrogen) atoms. The number of likely N-dealkylation sites (tertiary alicyclic amines) is 1. The van der Waals surface area contributed by atoms with E-state index in [0.29, 0.717) is 0 Å². The van der Waals surface area contributed by atoms with Crippen molar-refractivity contribution in [1.29, 1.82) is 0 Å². The third-order valence-corrected chi connectivity index (χ3v) is 3.75. The van der Waals surface area contributed by atoms with Gasteiger partial charge in [-0.05, 0) is 58.2 Å². The van der Waals surface area contributed by atoms with Gasteiger partial charge in [-0.2, -0.15) is 0 Å². The number of nitrogens with one attached hydrogen (secondary N) is 1. The topological polar surface area (TPSA) is 15.3 Å². The van der Waals surface area contributed by atoms with Crippen LogP contribution in [-0.4, -0.2) is 37.1 Å². The first kappa shape index (κ1) is 14.0. The Balaban J connectivity index is 2.06. The number of rotatable bonds is 7. The van der Waals surface area contributed by atoms with Crippen LogP contribution in [0.4, 0.5) is 0 Å². The SMILES string of the molecule is CCCC(C)CNCC1CCN(C(C)C)C1. The van der Waals surface area contributed by atoms with E-state index in [0.717, 1.165) is 17.9 Å². The molecule has 0 bridgehead atoms. The molecule has 0 radical (unpaired) electrons. The van der Waals surface area contributed by atoms with Gasteiger partial charge < -0.3 is 10.2 Å². The molecule has 1 saturated heterocycles. The molecule has 2 nitrogen and oxygen atoms in total. The van der Waals surface area contributed by atoms with E-state index in [2.05, 4.69) is 37.9 Å². The molecule has 1 fully saturated rings. The summed E-state index contributed by atoms with van der Waals surface area (Å²) in [5, 5.41) is 3.64. The van der Waals surface area contributed by atoms with Crippen LogP contribution in [0.1, 0.15) is 47.0 Å². The molecule has 1 aliphatic rings. The summed E-state index contributed by atoms with van der Waals surface area (Å²) in [5.74, 6) is 1.73. The molecular formula is C14H30N2. The second-order valence-corrected chi connectivity index (χ2v) is 5.80. The maximum atomic E-state index is 3.64. The van der Waals surface area contributed by atoms with Crippen LogP contribution in [0, 0.1) is 11.8 Å². The zero-order valence-corrected chi connectivity index (χ0v) is 11.6. The van der Waals surface area contributed by atoms with E-state index in [1.165, 1.54) is 45.4 Å². The molecule has 0 aromatic carbocycles. The van der Waals surface area contributed by atoms with Crippen molar-refractivity contribution in [2.24, 2.45) is 11.8 Å². The van der Waals surface area contributed by atoms with Gasteiger partial charge in [0.05, 0.1) is 0 Å². The quantitative estimate of drug-likeness (QED) is 0.718. The van der Waals surface area contributed by atoms with E-state index in [9.17, 15) is 0 Å². The normalized spacial score (nSPS) is 24.2. The summed E-state index contributed by atoms with van der Waals surface area (Å²) in [7, 11) is 0. The Morgan fingerprint density at radius 3 is 2.62 bits per heavy atom. The van der Waals surface area contributed by atoms with Crippen molar-refractivity contribution in [3.05, 3.63) is 0 Å². The monoisotopic (exact) mass is 226 g/mol. The molecular weight excluding hydrogens is 196 g/mol. The lowest BCUT2D eigenvalue weighted by Gasteiger charge is -2.20. The molecule has 1 aliphatic heterocycles. The van der Waals surface area contributed by atoms with Crippen LogP contribution in [0.15, 0.2) is 0 Å². The van der Waals surface area contributed by atoms with Gasteiger partial charge in [0.25, 0.3) is 0 Å². The van der Waals surface area contributed by atoms with E-state index in [1.54, 1.807) is 0 Å². The molecule has 1 rings (SSSR count). The van der Waals surface area contributed by atoms with Gasteiger partial charge in [0, 0.05) is 12.6 Å². The molecule has 1 heterocycles. The zero-order valence-electron chi connectivity index (χ0n) is 11.6. The lowest BCUT2D eigenvalue weighted by atomic mass is 10.1. The summed E-state index contributed by atoms with van der Waals surface area (Å²) < 4.78 is 0. The van der Waals surface area contributed by atoms with E-state index in [4.69, 9.17) is 0 Å². The van der Waals surface area contributed by atoms with Gasteiger partial charge in [-0.15, -0.1) is 0 Å². The summed E-state index contributed by atoms with van der Waals surface area (Å²) >= 11 is 0. The van der Waals surface area contributed by atoms with Crippen molar-refractivity contribution < 1.29 is 0 Å². The zero-order chi connectivity index (χ0) is 12.0. The predicted octanol–water partition coefficient (Wildman–Crippen LogP) is 2.74. The van der Waals surface area contributed by atoms with Crippen molar-refractivity contribution in [3.8, 4) is 0 Å². The van der Waals surface area contributed by atoms with Crippen LogP contribution in [-0.2, 0) is 0 Å². The second-order valence-electron chi connectivity index (χ2n) is 5.80. The second kappa shape index (κ2) is 7.29. The summed E-state index contributed by atoms with van der Waals surface area (Å²) in [5.41, 5.74) is 0. The van der Waals surface area contributed by atoms with Gasteiger partial charge in [0.15, 0.2) is 0 Å². The number of hydrogen-bond acceptors (Lipinski definition) is 2. The van der Waals surface area contributed by atoms with Crippen LogP contribution < -0.4 is 5.32 Å². The molecule has 0 saturated carbocycles. The number of hydrogen-bond donors (Lipinski definition) is 1. The molecule has 96 valence electrons. The van der Waals surface area contributed by atoms with Gasteiger partial charge in [0.2, 0.25) is 0 Å². The fourth-order valence-corrected chi connectivity index (χ4v) is 2.63. The van der Waals surface area contributed by atoms with Crippen LogP contribution in [0.5, 0.6) is 0 Å². The summed E-state index contributed by atoms with van der Waals surface area (Å²) in [4.78, 5) is 2.60. The van der Waals surface area contributed by atoms with Gasteiger partial charge in [-0.1, -0.05) is 20.3 Å². The fourth-order valence-electron chi connectivity index (χ4n) is 2.63. The van der Waals surface area contributed by atoms with Gasteiger partial charge in [-0.25, -0.2) is 0 Å². The molecule has 0 amide bonds. The van der Waals surface area contributed by atoms with Crippen molar-refractivity contribution in [1.82, 2.24) is 10.2 Å². The van der Waals surface area contributed by atoms with Crippen LogP contribution in [0.3, 0.4) is 0 Å². The van der Waals surface area contributed by atoms with E-state index in [1.807, 2.05) is 0 Å². The maximum Gasteiger partial charge on any atom is 0.00387 e. The van der Waals surface area contributed by atoms with Crippen molar-refractivity contribution >= 4 is 0 Å². The standard InChI is InChI=1S/C14H30N2/c1-5-6-13(4)9-15-10-14-7-8-16(11-14)12(2)3/h12-15H,5-11H2,1-4H3. The van der Waals surface area contributed by atoms with Gasteiger partial charge >= 0.3 is 0 Å². The highest BCUT2D eigenvalue weighted by Crippen LogP contribution is 2.17. The van der Waals surface area contributed by atoms with Crippen LogP contribution >= 0.6 is 0 Å². The average molecular weight is 226 g/mol. The molecule has 0 aliphatic carbocycles. The van der Waals surface area contributed by atoms with Crippen molar-refractivity contribution in [2.75, 3.05) is 26.2 Å². The Morgan fingerprint density at radius 1 is 1.31 bits per heavy atom. The minimum atomic E-state index is 0.726. The summed E-state index contributed by atoms with van der Waals surface area (Å²) in [6.45, 7) is 14.3. The number of nitrogens with zero attached hydrogens (tertiary/aromatic N) is 1. The molecule has 2 atom stereocenters. The Kier molecular flexibility index (Phi) is 6.37. The molecule has 1 N–H and O–H groups in total. The molecule has 2 unspecified atom stereocenters. The smallest absolute Gasteiger partial charge is 0.00387 e. The Morgan fingerprint density at radius 2 is 2.06 bits per heavy atom. The van der Waals surface area contributed by atoms with Gasteiger partial charge in [0.1, 0.15) is 0 Å². The first-order valence-corrected chi connectivity index (χ1v) is 7.08. The van der Waals surface area contributed by atoms with Crippen molar-refractivity contribution in [3.63, 3.8) is 0 Å². The van der Waals surface area contributed by atoms with Crippen molar-refractivity contribution in [2.45, 2.75) is 53.0 Å². The lowest BCUT2D eigenvalue weighted by molar-refractivity contribution is 0.263. The minimum Gasteiger partial charge on any atom is -0.316 e. The minimum absolute atomic E-state index is 0.726.